The van der Waals surface area contributed by atoms with E-state index >= 15 is 0 Å². The third kappa shape index (κ3) is 5.02. The summed E-state index contributed by atoms with van der Waals surface area (Å²) in [7, 11) is 0. The number of halogens is 3. The highest BCUT2D eigenvalue weighted by atomic mass is 35.5. The van der Waals surface area contributed by atoms with Crippen molar-refractivity contribution in [3.8, 4) is 0 Å². The van der Waals surface area contributed by atoms with E-state index in [0.717, 1.165) is 24.9 Å². The molecule has 1 aromatic rings. The van der Waals surface area contributed by atoms with Crippen LogP contribution in [0.15, 0.2) is 18.2 Å². The number of carbonyl (C=O) groups is 1. The smallest absolute Gasteiger partial charge is 0.223 e. The van der Waals surface area contributed by atoms with Crippen LogP contribution in [-0.4, -0.2) is 29.9 Å². The van der Waals surface area contributed by atoms with Gasteiger partial charge in [0.1, 0.15) is 0 Å². The normalized spacial score (nSPS) is 21.4. The van der Waals surface area contributed by atoms with Gasteiger partial charge in [-0.3, -0.25) is 4.79 Å². The van der Waals surface area contributed by atoms with Crippen molar-refractivity contribution in [2.45, 2.75) is 38.6 Å². The average Bonchev–Trinajstić information content (AvgIpc) is 2.48. The van der Waals surface area contributed by atoms with Crippen LogP contribution in [0.4, 0.5) is 0 Å². The summed E-state index contributed by atoms with van der Waals surface area (Å²) in [4.78, 5) is 14.4. The van der Waals surface area contributed by atoms with Gasteiger partial charge in [0, 0.05) is 25.6 Å². The van der Waals surface area contributed by atoms with E-state index in [9.17, 15) is 4.79 Å². The lowest BCUT2D eigenvalue weighted by atomic mass is 9.92. The first-order valence-electron chi connectivity index (χ1n) is 7.44. The quantitative estimate of drug-likeness (QED) is 0.878. The molecule has 3 nitrogen and oxygen atoms in total. The molecule has 2 rings (SSSR count). The summed E-state index contributed by atoms with van der Waals surface area (Å²) >= 11 is 11.9. The Labute approximate surface area is 148 Å². The van der Waals surface area contributed by atoms with Crippen LogP contribution in [-0.2, 0) is 11.2 Å². The molecule has 2 N–H and O–H groups in total. The first-order valence-corrected chi connectivity index (χ1v) is 8.20. The lowest BCUT2D eigenvalue weighted by Gasteiger charge is -2.38. The Morgan fingerprint density at radius 1 is 1.36 bits per heavy atom. The predicted molar refractivity (Wildman–Crippen MR) is 95.0 cm³/mol. The van der Waals surface area contributed by atoms with Crippen LogP contribution in [0.1, 0.15) is 31.7 Å². The predicted octanol–water partition coefficient (Wildman–Crippen LogP) is 3.93. The molecule has 6 heteroatoms. The van der Waals surface area contributed by atoms with E-state index in [-0.39, 0.29) is 24.4 Å². The second-order valence-electron chi connectivity index (χ2n) is 5.85. The number of likely N-dealkylation sites (tertiary alicyclic amines) is 1. The summed E-state index contributed by atoms with van der Waals surface area (Å²) in [6.45, 7) is 3.59. The summed E-state index contributed by atoms with van der Waals surface area (Å²) in [5.74, 6) is 0.834. The number of amides is 1. The van der Waals surface area contributed by atoms with Crippen molar-refractivity contribution < 1.29 is 4.79 Å². The van der Waals surface area contributed by atoms with Crippen molar-refractivity contribution in [1.29, 1.82) is 0 Å². The third-order valence-corrected chi connectivity index (χ3v) is 4.92. The van der Waals surface area contributed by atoms with Crippen molar-refractivity contribution >= 4 is 41.5 Å². The molecular formula is C16H23Cl3N2O. The van der Waals surface area contributed by atoms with Crippen molar-refractivity contribution in [2.24, 2.45) is 11.7 Å². The lowest BCUT2D eigenvalue weighted by Crippen LogP contribution is -2.49. The van der Waals surface area contributed by atoms with E-state index in [1.807, 2.05) is 17.0 Å². The van der Waals surface area contributed by atoms with Crippen molar-refractivity contribution in [2.75, 3.05) is 13.1 Å². The van der Waals surface area contributed by atoms with E-state index in [4.69, 9.17) is 28.9 Å². The molecule has 1 amide bonds. The largest absolute Gasteiger partial charge is 0.338 e. The highest BCUT2D eigenvalue weighted by Gasteiger charge is 2.28. The molecule has 1 heterocycles. The second kappa shape index (κ2) is 8.97. The molecule has 0 aromatic heterocycles. The van der Waals surface area contributed by atoms with Gasteiger partial charge >= 0.3 is 0 Å². The zero-order valence-electron chi connectivity index (χ0n) is 12.7. The molecule has 0 bridgehead atoms. The van der Waals surface area contributed by atoms with Crippen LogP contribution in [0.25, 0.3) is 0 Å². The number of hydrogen-bond donors (Lipinski definition) is 1. The zero-order valence-corrected chi connectivity index (χ0v) is 15.1. The fourth-order valence-corrected chi connectivity index (χ4v) is 3.21. The Morgan fingerprint density at radius 2 is 2.09 bits per heavy atom. The number of benzene rings is 1. The van der Waals surface area contributed by atoms with E-state index in [1.165, 1.54) is 0 Å². The van der Waals surface area contributed by atoms with E-state index in [2.05, 4.69) is 6.92 Å². The molecule has 0 radical (unpaired) electrons. The summed E-state index contributed by atoms with van der Waals surface area (Å²) in [5, 5.41) is 1.08. The highest BCUT2D eigenvalue weighted by molar-refractivity contribution is 6.42. The maximum atomic E-state index is 12.4. The maximum Gasteiger partial charge on any atom is 0.223 e. The Bertz CT molecular complexity index is 510. The first kappa shape index (κ1) is 19.6. The molecule has 1 fully saturated rings. The monoisotopic (exact) mass is 364 g/mol. The molecule has 1 aromatic carbocycles. The van der Waals surface area contributed by atoms with Gasteiger partial charge in [-0.1, -0.05) is 36.2 Å². The third-order valence-electron chi connectivity index (χ3n) is 4.18. The standard InChI is InChI=1S/C16H22Cl2N2O.ClH/c1-11-6-7-20(13(8-11)10-19)16(21)5-3-12-2-4-14(17)15(18)9-12;/h2,4,9,11,13H,3,5-8,10,19H2,1H3;1H. The molecular weight excluding hydrogens is 343 g/mol. The highest BCUT2D eigenvalue weighted by Crippen LogP contribution is 2.25. The molecule has 0 aliphatic carbocycles. The minimum absolute atomic E-state index is 0. The van der Waals surface area contributed by atoms with Crippen molar-refractivity contribution in [1.82, 2.24) is 4.90 Å². The molecule has 1 aliphatic heterocycles. The molecule has 2 atom stereocenters. The van der Waals surface area contributed by atoms with E-state index in [0.29, 0.717) is 35.3 Å². The van der Waals surface area contributed by atoms with Gasteiger partial charge in [0.15, 0.2) is 0 Å². The van der Waals surface area contributed by atoms with Crippen molar-refractivity contribution in [3.05, 3.63) is 33.8 Å². The Hall–Kier alpha value is -0.480. The number of nitrogens with two attached hydrogens (primary N) is 1. The number of aryl methyl sites for hydroxylation is 1. The van der Waals surface area contributed by atoms with Crippen LogP contribution in [0.5, 0.6) is 0 Å². The van der Waals surface area contributed by atoms with Crippen LogP contribution < -0.4 is 5.73 Å². The number of hydrogen-bond acceptors (Lipinski definition) is 2. The summed E-state index contributed by atoms with van der Waals surface area (Å²) in [5.41, 5.74) is 6.85. The van der Waals surface area contributed by atoms with Crippen molar-refractivity contribution in [3.63, 3.8) is 0 Å². The Balaban J connectivity index is 0.00000242. The number of carbonyl (C=O) groups excluding carboxylic acids is 1. The summed E-state index contributed by atoms with van der Waals surface area (Å²) in [6, 6.07) is 5.71. The minimum atomic E-state index is 0. The molecule has 124 valence electrons. The van der Waals surface area contributed by atoms with Crippen LogP contribution in [0, 0.1) is 5.92 Å². The maximum absolute atomic E-state index is 12.4. The SMILES string of the molecule is CC1CCN(C(=O)CCc2ccc(Cl)c(Cl)c2)C(CN)C1.Cl. The minimum Gasteiger partial charge on any atom is -0.338 e. The molecule has 0 saturated carbocycles. The van der Waals surface area contributed by atoms with Crippen LogP contribution >= 0.6 is 35.6 Å². The molecule has 0 spiro atoms. The van der Waals surface area contributed by atoms with Crippen LogP contribution in [0.3, 0.4) is 0 Å². The fraction of sp³-hybridized carbons (Fsp3) is 0.562. The van der Waals surface area contributed by atoms with E-state index in [1.54, 1.807) is 6.07 Å². The zero-order chi connectivity index (χ0) is 15.4. The second-order valence-corrected chi connectivity index (χ2v) is 6.67. The van der Waals surface area contributed by atoms with Gasteiger partial charge in [-0.2, -0.15) is 0 Å². The summed E-state index contributed by atoms with van der Waals surface area (Å²) < 4.78 is 0. The first-order chi connectivity index (χ1) is 10.0. The van der Waals surface area contributed by atoms with E-state index < -0.39 is 0 Å². The van der Waals surface area contributed by atoms with Gasteiger partial charge in [-0.25, -0.2) is 0 Å². The molecule has 1 saturated heterocycles. The van der Waals surface area contributed by atoms with Gasteiger partial charge in [-0.15, -0.1) is 12.4 Å². The van der Waals surface area contributed by atoms with Crippen LogP contribution in [0.2, 0.25) is 10.0 Å². The van der Waals surface area contributed by atoms with Gasteiger partial charge in [0.25, 0.3) is 0 Å². The number of nitrogens with zero attached hydrogens (tertiary/aromatic N) is 1. The van der Waals surface area contributed by atoms with Gasteiger partial charge < -0.3 is 10.6 Å². The Morgan fingerprint density at radius 3 is 2.73 bits per heavy atom. The number of rotatable bonds is 4. The van der Waals surface area contributed by atoms with Gasteiger partial charge in [0.05, 0.1) is 10.0 Å². The molecule has 22 heavy (non-hydrogen) atoms. The lowest BCUT2D eigenvalue weighted by molar-refractivity contribution is -0.135. The molecule has 2 unspecified atom stereocenters. The average molecular weight is 366 g/mol. The fourth-order valence-electron chi connectivity index (χ4n) is 2.89. The van der Waals surface area contributed by atoms with Gasteiger partial charge in [0.2, 0.25) is 5.91 Å². The Kier molecular flexibility index (Phi) is 7.98. The summed E-state index contributed by atoms with van der Waals surface area (Å²) in [6.07, 6.45) is 3.24. The number of piperidine rings is 1. The van der Waals surface area contributed by atoms with Gasteiger partial charge in [-0.05, 0) is 42.9 Å². The topological polar surface area (TPSA) is 46.3 Å². The molecule has 1 aliphatic rings.